The van der Waals surface area contributed by atoms with E-state index in [0.717, 1.165) is 39.1 Å². The van der Waals surface area contributed by atoms with Gasteiger partial charge in [-0.15, -0.1) is 0 Å². The number of amides is 1. The van der Waals surface area contributed by atoms with Gasteiger partial charge in [0, 0.05) is 24.9 Å². The molecular formula is C12H21NO3. The fourth-order valence-corrected chi connectivity index (χ4v) is 2.41. The van der Waals surface area contributed by atoms with Crippen molar-refractivity contribution < 1.29 is 14.3 Å². The van der Waals surface area contributed by atoms with Crippen molar-refractivity contribution in [2.75, 3.05) is 26.3 Å². The van der Waals surface area contributed by atoms with Crippen LogP contribution in [0.1, 0.15) is 26.7 Å². The van der Waals surface area contributed by atoms with Crippen molar-refractivity contribution in [1.82, 2.24) is 4.90 Å². The number of nitrogens with zero attached hydrogens (tertiary/aromatic N) is 1. The Bertz CT molecular complexity index is 241. The molecule has 0 spiro atoms. The average molecular weight is 227 g/mol. The topological polar surface area (TPSA) is 38.8 Å². The molecule has 0 radical (unpaired) electrons. The van der Waals surface area contributed by atoms with Crippen LogP contribution in [-0.4, -0.2) is 43.4 Å². The van der Waals surface area contributed by atoms with Gasteiger partial charge >= 0.3 is 0 Å². The molecule has 0 atom stereocenters. The minimum Gasteiger partial charge on any atom is -0.350 e. The lowest BCUT2D eigenvalue weighted by Gasteiger charge is -2.34. The van der Waals surface area contributed by atoms with Crippen LogP contribution >= 0.6 is 0 Å². The first-order chi connectivity index (χ1) is 7.68. The van der Waals surface area contributed by atoms with E-state index in [2.05, 4.69) is 0 Å². The lowest BCUT2D eigenvalue weighted by atomic mass is 9.95. The third kappa shape index (κ3) is 2.55. The van der Waals surface area contributed by atoms with Crippen LogP contribution < -0.4 is 0 Å². The fourth-order valence-electron chi connectivity index (χ4n) is 2.41. The molecule has 2 heterocycles. The highest BCUT2D eigenvalue weighted by molar-refractivity contribution is 5.78. The molecule has 1 amide bonds. The van der Waals surface area contributed by atoms with Gasteiger partial charge in [0.1, 0.15) is 0 Å². The number of ether oxygens (including phenoxy) is 2. The van der Waals surface area contributed by atoms with Gasteiger partial charge in [0.05, 0.1) is 13.2 Å². The zero-order chi connectivity index (χ0) is 11.5. The normalized spacial score (nSPS) is 24.3. The first kappa shape index (κ1) is 11.9. The Hall–Kier alpha value is -0.610. The monoisotopic (exact) mass is 227 g/mol. The molecule has 2 aliphatic heterocycles. The Kier molecular flexibility index (Phi) is 3.82. The SMILES string of the molecule is CC(C)C(=O)N1CCC(C2OCCO2)CC1. The maximum Gasteiger partial charge on any atom is 0.225 e. The van der Waals surface area contributed by atoms with Crippen LogP contribution in [0.3, 0.4) is 0 Å². The van der Waals surface area contributed by atoms with E-state index < -0.39 is 0 Å². The van der Waals surface area contributed by atoms with Gasteiger partial charge in [0.25, 0.3) is 0 Å². The summed E-state index contributed by atoms with van der Waals surface area (Å²) in [5, 5.41) is 0. The number of piperidine rings is 1. The van der Waals surface area contributed by atoms with E-state index in [9.17, 15) is 4.79 Å². The molecule has 16 heavy (non-hydrogen) atoms. The summed E-state index contributed by atoms with van der Waals surface area (Å²) in [6, 6.07) is 0. The molecule has 92 valence electrons. The average Bonchev–Trinajstić information content (AvgIpc) is 2.81. The van der Waals surface area contributed by atoms with Crippen LogP contribution in [0.2, 0.25) is 0 Å². The minimum atomic E-state index is -0.0173. The van der Waals surface area contributed by atoms with E-state index in [-0.39, 0.29) is 18.1 Å². The smallest absolute Gasteiger partial charge is 0.225 e. The van der Waals surface area contributed by atoms with Crippen molar-refractivity contribution >= 4 is 5.91 Å². The summed E-state index contributed by atoms with van der Waals surface area (Å²) < 4.78 is 11.0. The van der Waals surface area contributed by atoms with Crippen LogP contribution in [0, 0.1) is 11.8 Å². The fraction of sp³-hybridized carbons (Fsp3) is 0.917. The quantitative estimate of drug-likeness (QED) is 0.712. The molecule has 0 N–H and O–H groups in total. The molecule has 0 aliphatic carbocycles. The predicted octanol–water partition coefficient (Wildman–Crippen LogP) is 1.25. The summed E-state index contributed by atoms with van der Waals surface area (Å²) >= 11 is 0. The van der Waals surface area contributed by atoms with Crippen LogP contribution in [0.5, 0.6) is 0 Å². The number of carbonyl (C=O) groups excluding carboxylic acids is 1. The third-order valence-corrected chi connectivity index (χ3v) is 3.38. The van der Waals surface area contributed by atoms with Gasteiger partial charge in [-0.3, -0.25) is 4.79 Å². The standard InChI is InChI=1S/C12H21NO3/c1-9(2)11(14)13-5-3-10(4-6-13)12-15-7-8-16-12/h9-10,12H,3-8H2,1-2H3. The summed E-state index contributed by atoms with van der Waals surface area (Å²) in [7, 11) is 0. The van der Waals surface area contributed by atoms with Gasteiger partial charge in [-0.25, -0.2) is 0 Å². The summed E-state index contributed by atoms with van der Waals surface area (Å²) in [4.78, 5) is 13.8. The molecular weight excluding hydrogens is 206 g/mol. The zero-order valence-electron chi connectivity index (χ0n) is 10.1. The molecule has 2 rings (SSSR count). The molecule has 0 saturated carbocycles. The van der Waals surface area contributed by atoms with E-state index in [4.69, 9.17) is 9.47 Å². The van der Waals surface area contributed by atoms with E-state index >= 15 is 0 Å². The van der Waals surface area contributed by atoms with Crippen LogP contribution in [0.4, 0.5) is 0 Å². The van der Waals surface area contributed by atoms with E-state index in [1.165, 1.54) is 0 Å². The van der Waals surface area contributed by atoms with Gasteiger partial charge < -0.3 is 14.4 Å². The Morgan fingerprint density at radius 2 is 1.75 bits per heavy atom. The van der Waals surface area contributed by atoms with E-state index in [0.29, 0.717) is 5.92 Å². The van der Waals surface area contributed by atoms with Crippen molar-refractivity contribution in [2.45, 2.75) is 33.0 Å². The molecule has 0 aromatic heterocycles. The van der Waals surface area contributed by atoms with Crippen molar-refractivity contribution in [2.24, 2.45) is 11.8 Å². The molecule has 2 aliphatic rings. The summed E-state index contributed by atoms with van der Waals surface area (Å²) in [5.74, 6) is 0.848. The second kappa shape index (κ2) is 5.15. The number of likely N-dealkylation sites (tertiary alicyclic amines) is 1. The molecule has 4 heteroatoms. The summed E-state index contributed by atoms with van der Waals surface area (Å²) in [5.41, 5.74) is 0. The van der Waals surface area contributed by atoms with Crippen molar-refractivity contribution in [3.8, 4) is 0 Å². The second-order valence-electron chi connectivity index (χ2n) is 4.93. The Balaban J connectivity index is 1.80. The van der Waals surface area contributed by atoms with Gasteiger partial charge in [-0.05, 0) is 12.8 Å². The molecule has 2 fully saturated rings. The molecule has 0 aromatic carbocycles. The lowest BCUT2D eigenvalue weighted by Crippen LogP contribution is -2.43. The van der Waals surface area contributed by atoms with E-state index in [1.807, 2.05) is 18.7 Å². The second-order valence-corrected chi connectivity index (χ2v) is 4.93. The largest absolute Gasteiger partial charge is 0.350 e. The maximum absolute atomic E-state index is 11.8. The number of rotatable bonds is 2. The Morgan fingerprint density at radius 3 is 2.25 bits per heavy atom. The number of carbonyl (C=O) groups is 1. The summed E-state index contributed by atoms with van der Waals surface area (Å²) in [6.45, 7) is 7.05. The predicted molar refractivity (Wildman–Crippen MR) is 59.8 cm³/mol. The van der Waals surface area contributed by atoms with Gasteiger partial charge in [-0.1, -0.05) is 13.8 Å². The molecule has 4 nitrogen and oxygen atoms in total. The molecule has 0 unspecified atom stereocenters. The molecule has 0 bridgehead atoms. The van der Waals surface area contributed by atoms with Crippen LogP contribution in [-0.2, 0) is 14.3 Å². The highest BCUT2D eigenvalue weighted by atomic mass is 16.7. The molecule has 2 saturated heterocycles. The van der Waals surface area contributed by atoms with Crippen LogP contribution in [0.15, 0.2) is 0 Å². The third-order valence-electron chi connectivity index (χ3n) is 3.38. The highest BCUT2D eigenvalue weighted by Crippen LogP contribution is 2.26. The van der Waals surface area contributed by atoms with Gasteiger partial charge in [-0.2, -0.15) is 0 Å². The first-order valence-electron chi connectivity index (χ1n) is 6.20. The zero-order valence-corrected chi connectivity index (χ0v) is 10.1. The first-order valence-corrected chi connectivity index (χ1v) is 6.20. The minimum absolute atomic E-state index is 0.0173. The lowest BCUT2D eigenvalue weighted by molar-refractivity contribution is -0.139. The van der Waals surface area contributed by atoms with Crippen molar-refractivity contribution in [3.05, 3.63) is 0 Å². The van der Waals surface area contributed by atoms with Gasteiger partial charge in [0.15, 0.2) is 6.29 Å². The Morgan fingerprint density at radius 1 is 1.19 bits per heavy atom. The maximum atomic E-state index is 11.8. The van der Waals surface area contributed by atoms with Gasteiger partial charge in [0.2, 0.25) is 5.91 Å². The number of hydrogen-bond acceptors (Lipinski definition) is 3. The number of hydrogen-bond donors (Lipinski definition) is 0. The summed E-state index contributed by atoms with van der Waals surface area (Å²) in [6.07, 6.45) is 1.99. The van der Waals surface area contributed by atoms with Crippen molar-refractivity contribution in [3.63, 3.8) is 0 Å². The highest BCUT2D eigenvalue weighted by Gasteiger charge is 2.32. The van der Waals surface area contributed by atoms with Crippen molar-refractivity contribution in [1.29, 1.82) is 0 Å². The van der Waals surface area contributed by atoms with Crippen LogP contribution in [0.25, 0.3) is 0 Å². The van der Waals surface area contributed by atoms with E-state index in [1.54, 1.807) is 0 Å². The molecule has 0 aromatic rings. The Labute approximate surface area is 96.9 Å².